The van der Waals surface area contributed by atoms with E-state index in [-0.39, 0.29) is 53.6 Å². The van der Waals surface area contributed by atoms with Crippen molar-refractivity contribution in [1.82, 2.24) is 50.3 Å². The van der Waals surface area contributed by atoms with Crippen molar-refractivity contribution in [3.05, 3.63) is 167 Å². The van der Waals surface area contributed by atoms with Gasteiger partial charge in [0, 0.05) is 50.7 Å². The molecular formula is C60H74N10O9S2. The molecule has 430 valence electrons. The van der Waals surface area contributed by atoms with Crippen LogP contribution in [-0.4, -0.2) is 161 Å². The van der Waals surface area contributed by atoms with Crippen LogP contribution in [0.15, 0.2) is 149 Å². The minimum absolute atomic E-state index is 0.0457. The zero-order valence-electron chi connectivity index (χ0n) is 46.4. The minimum Gasteiger partial charge on any atom is -0.343 e. The fraction of sp³-hybridized carbons (Fsp3) is 0.417. The van der Waals surface area contributed by atoms with Gasteiger partial charge in [0.25, 0.3) is 0 Å². The molecule has 0 aromatic heterocycles. The van der Waals surface area contributed by atoms with Crippen LogP contribution in [0.5, 0.6) is 0 Å². The molecule has 0 aliphatic carbocycles. The van der Waals surface area contributed by atoms with Gasteiger partial charge < -0.3 is 41.7 Å². The van der Waals surface area contributed by atoms with Crippen LogP contribution >= 0.6 is 0 Å². The molecule has 5 aromatic carbocycles. The van der Waals surface area contributed by atoms with Crippen LogP contribution in [0.25, 0.3) is 0 Å². The first-order chi connectivity index (χ1) is 38.9. The zero-order valence-corrected chi connectivity index (χ0v) is 48.0. The number of likely N-dealkylation sites (N-methyl/N-ethyl adjacent to an activating group) is 2. The number of rotatable bonds is 18. The van der Waals surface area contributed by atoms with E-state index in [4.69, 9.17) is 0 Å². The van der Waals surface area contributed by atoms with Gasteiger partial charge in [-0.15, -0.1) is 0 Å². The zero-order chi connectivity index (χ0) is 57.6. The molecule has 0 saturated carbocycles. The molecule has 9 rings (SSSR count). The fourth-order valence-electron chi connectivity index (χ4n) is 11.9. The number of amides is 5. The van der Waals surface area contributed by atoms with Gasteiger partial charge in [0.15, 0.2) is 0 Å². The van der Waals surface area contributed by atoms with Gasteiger partial charge in [0.2, 0.25) is 49.6 Å². The van der Waals surface area contributed by atoms with E-state index in [0.717, 1.165) is 42.5 Å². The molecule has 81 heavy (non-hydrogen) atoms. The molecule has 4 saturated heterocycles. The second kappa shape index (κ2) is 25.5. The number of benzene rings is 5. The molecule has 6 N–H and O–H groups in total. The molecule has 0 bridgehead atoms. The summed E-state index contributed by atoms with van der Waals surface area (Å²) in [6.45, 7) is 2.48. The largest absolute Gasteiger partial charge is 0.343 e. The molecule has 19 nitrogen and oxygen atoms in total. The molecule has 0 spiro atoms. The maximum Gasteiger partial charge on any atom is 0.247 e. The maximum absolute atomic E-state index is 15.1. The van der Waals surface area contributed by atoms with Crippen LogP contribution in [-0.2, 0) is 44.0 Å². The fourth-order valence-corrected chi connectivity index (χ4v) is 15.0. The number of nitrogens with zero attached hydrogens (tertiary/aromatic N) is 4. The van der Waals surface area contributed by atoms with Gasteiger partial charge in [0.1, 0.15) is 18.1 Å². The van der Waals surface area contributed by atoms with Crippen molar-refractivity contribution in [2.45, 2.75) is 116 Å². The Labute approximate surface area is 475 Å². The van der Waals surface area contributed by atoms with E-state index in [1.54, 1.807) is 32.8 Å². The second-order valence-corrected chi connectivity index (χ2v) is 25.4. The summed E-state index contributed by atoms with van der Waals surface area (Å²) in [6, 6.07) is 35.4. The smallest absolute Gasteiger partial charge is 0.247 e. The van der Waals surface area contributed by atoms with Crippen molar-refractivity contribution in [2.75, 3.05) is 53.9 Å². The third-order valence-corrected chi connectivity index (χ3v) is 20.4. The molecule has 4 aliphatic rings. The summed E-state index contributed by atoms with van der Waals surface area (Å²) in [7, 11) is -4.08. The number of carbonyl (C=O) groups is 5. The van der Waals surface area contributed by atoms with Crippen molar-refractivity contribution >= 4 is 49.6 Å². The van der Waals surface area contributed by atoms with E-state index in [9.17, 15) is 24.0 Å². The van der Waals surface area contributed by atoms with Gasteiger partial charge in [-0.2, -0.15) is 8.61 Å². The number of sulfonamides is 2. The molecule has 2 unspecified atom stereocenters. The van der Waals surface area contributed by atoms with Gasteiger partial charge in [0.05, 0.1) is 34.0 Å². The molecular weight excluding hydrogens is 1070 g/mol. The number of fused-ring (bicyclic) bond motifs is 2. The first kappa shape index (κ1) is 58.8. The number of hydrogen-bond donors (Lipinski definition) is 6. The standard InChI is InChI=1S/C60H74N10O9S2/c1-39(61-3)56(71)64-51-37-68(33-31-46-34-44(36-69(46)59(51)74)49-26-15-16-27-50(49)55(63-5)43-22-13-8-14-23-43)81(78,79)48-25-17-24-47(35-48)80(76,77)67-32-30-45-28-29-53(70(45)60(75)52(38-67)65-57(72)40(2)62-4)58(73)66-54(41-18-9-6-10-19-41)42-20-11-7-12-21-42/h6-27,35,39-40,44-46,51-55,61-63H,28-34,36-38H2,1-5H3,(H,64,71)(H,65,72)(H,66,73)/t39-,40-,44?,45+,46-,51-,52-,53-,55?/m0/s1. The van der Waals surface area contributed by atoms with Crippen LogP contribution in [0.3, 0.4) is 0 Å². The number of nitrogens with one attached hydrogen (secondary N) is 6. The topological polar surface area (TPSA) is 239 Å². The van der Waals surface area contributed by atoms with E-state index in [2.05, 4.69) is 56.2 Å². The van der Waals surface area contributed by atoms with E-state index < -0.39 is 105 Å². The number of hydrogen-bond acceptors (Lipinski definition) is 12. The predicted octanol–water partition coefficient (Wildman–Crippen LogP) is 3.62. The highest BCUT2D eigenvalue weighted by Crippen LogP contribution is 2.40. The van der Waals surface area contributed by atoms with E-state index in [1.165, 1.54) is 23.1 Å². The summed E-state index contributed by atoms with van der Waals surface area (Å²) in [5, 5.41) is 18.0. The quantitative estimate of drug-likeness (QED) is 0.0738. The Bertz CT molecular complexity index is 3250. The van der Waals surface area contributed by atoms with Crippen molar-refractivity contribution in [3.63, 3.8) is 0 Å². The van der Waals surface area contributed by atoms with Crippen molar-refractivity contribution < 1.29 is 40.8 Å². The van der Waals surface area contributed by atoms with Crippen molar-refractivity contribution in [1.29, 1.82) is 0 Å². The van der Waals surface area contributed by atoms with Crippen molar-refractivity contribution in [3.8, 4) is 0 Å². The monoisotopic (exact) mass is 1140 g/mol. The summed E-state index contributed by atoms with van der Waals surface area (Å²) in [5.41, 5.74) is 4.87. The Kier molecular flexibility index (Phi) is 18.5. The molecule has 21 heteroatoms. The highest BCUT2D eigenvalue weighted by molar-refractivity contribution is 7.90. The van der Waals surface area contributed by atoms with Crippen molar-refractivity contribution in [2.24, 2.45) is 0 Å². The van der Waals surface area contributed by atoms with Crippen LogP contribution < -0.4 is 31.9 Å². The molecule has 9 atom stereocenters. The van der Waals surface area contributed by atoms with E-state index in [0.29, 0.717) is 25.8 Å². The Hall–Kier alpha value is -6.85. The van der Waals surface area contributed by atoms with E-state index >= 15 is 16.8 Å². The van der Waals surface area contributed by atoms with Crippen LogP contribution in [0.2, 0.25) is 0 Å². The molecule has 4 aliphatic heterocycles. The maximum atomic E-state index is 15.1. The highest BCUT2D eigenvalue weighted by Gasteiger charge is 2.48. The minimum atomic E-state index is -4.60. The third kappa shape index (κ3) is 12.6. The van der Waals surface area contributed by atoms with Crippen LogP contribution in [0.1, 0.15) is 91.8 Å². The second-order valence-electron chi connectivity index (χ2n) is 21.5. The molecule has 5 aromatic rings. The Morgan fingerprint density at radius 1 is 0.531 bits per heavy atom. The summed E-state index contributed by atoms with van der Waals surface area (Å²) >= 11 is 0. The summed E-state index contributed by atoms with van der Waals surface area (Å²) in [6.07, 6.45) is 1.62. The lowest BCUT2D eigenvalue weighted by molar-refractivity contribution is -0.144. The summed E-state index contributed by atoms with van der Waals surface area (Å²) in [4.78, 5) is 74.0. The SMILES string of the molecule is CNC(c1ccccc1)c1ccccc1C1C[C@@H]2CCN(S(=O)(=O)c3cccc(S(=O)(=O)N4CC[C@H]5CC[C@@H](C(=O)NC(c6ccccc6)c6ccccc6)N5C(=O)[C@@H](NC(=O)[C@H](C)NC)C4)c3)C[C@H](NC(=O)[C@H](C)NC)C(=O)N2C1. The molecule has 5 amide bonds. The lowest BCUT2D eigenvalue weighted by Crippen LogP contribution is -2.62. The van der Waals surface area contributed by atoms with E-state index in [1.807, 2.05) is 98.0 Å². The average molecular weight is 1140 g/mol. The lowest BCUT2D eigenvalue weighted by Gasteiger charge is -2.38. The lowest BCUT2D eigenvalue weighted by atomic mass is 9.86. The molecule has 0 radical (unpaired) electrons. The molecule has 4 heterocycles. The van der Waals surface area contributed by atoms with Gasteiger partial charge in [-0.1, -0.05) is 121 Å². The Morgan fingerprint density at radius 3 is 1.53 bits per heavy atom. The van der Waals surface area contributed by atoms with Crippen LogP contribution in [0.4, 0.5) is 0 Å². The first-order valence-corrected chi connectivity index (χ1v) is 30.7. The van der Waals surface area contributed by atoms with Gasteiger partial charge in [-0.05, 0) is 113 Å². The highest BCUT2D eigenvalue weighted by atomic mass is 32.2. The normalized spacial score (nSPS) is 23.2. The molecule has 4 fully saturated rings. The Balaban J connectivity index is 0.976. The van der Waals surface area contributed by atoms with Crippen LogP contribution in [0, 0.1) is 0 Å². The number of carbonyl (C=O) groups excluding carboxylic acids is 5. The Morgan fingerprint density at radius 2 is 1.01 bits per heavy atom. The predicted molar refractivity (Wildman–Crippen MR) is 307 cm³/mol. The van der Waals surface area contributed by atoms with Gasteiger partial charge >= 0.3 is 0 Å². The summed E-state index contributed by atoms with van der Waals surface area (Å²) < 4.78 is 62.5. The summed E-state index contributed by atoms with van der Waals surface area (Å²) in [5.74, 6) is -2.61. The van der Waals surface area contributed by atoms with Gasteiger partial charge in [-0.3, -0.25) is 24.0 Å². The third-order valence-electron chi connectivity index (χ3n) is 16.6. The van der Waals surface area contributed by atoms with Gasteiger partial charge in [-0.25, -0.2) is 16.8 Å². The average Bonchev–Trinajstić information content (AvgIpc) is 4.12. The first-order valence-electron chi connectivity index (χ1n) is 27.8.